The molecule has 0 bridgehead atoms. The molecule has 0 amide bonds. The van der Waals surface area contributed by atoms with Crippen LogP contribution in [0.3, 0.4) is 0 Å². The maximum Gasteiger partial charge on any atom is -0.00331 e. The minimum Gasteiger partial charge on any atom is -0.330 e. The van der Waals surface area contributed by atoms with E-state index in [9.17, 15) is 0 Å². The van der Waals surface area contributed by atoms with Crippen LogP contribution >= 0.6 is 11.8 Å². The molecule has 1 aromatic rings. The zero-order valence-electron chi connectivity index (χ0n) is 9.99. The highest BCUT2D eigenvalue weighted by Gasteiger charge is 2.22. The van der Waals surface area contributed by atoms with E-state index in [1.165, 1.54) is 29.1 Å². The predicted octanol–water partition coefficient (Wildman–Crippen LogP) is 3.04. The first-order valence-electron chi connectivity index (χ1n) is 6.18. The molecule has 16 heavy (non-hydrogen) atoms. The zero-order chi connectivity index (χ0) is 11.4. The van der Waals surface area contributed by atoms with E-state index in [1.54, 1.807) is 0 Å². The molecule has 2 heteroatoms. The van der Waals surface area contributed by atoms with Gasteiger partial charge in [-0.05, 0) is 53.9 Å². The summed E-state index contributed by atoms with van der Waals surface area (Å²) in [7, 11) is 0. The van der Waals surface area contributed by atoms with Crippen molar-refractivity contribution in [3.8, 4) is 0 Å². The molecule has 2 atom stereocenters. The van der Waals surface area contributed by atoms with Crippen LogP contribution in [0.5, 0.6) is 0 Å². The first-order chi connectivity index (χ1) is 7.81. The molecule has 0 aromatic heterocycles. The van der Waals surface area contributed by atoms with Crippen LogP contribution in [0.1, 0.15) is 30.4 Å². The summed E-state index contributed by atoms with van der Waals surface area (Å²) in [5.41, 5.74) is 8.41. The van der Waals surface area contributed by atoms with E-state index < -0.39 is 0 Å². The van der Waals surface area contributed by atoms with Crippen molar-refractivity contribution in [3.05, 3.63) is 35.4 Å². The van der Waals surface area contributed by atoms with Gasteiger partial charge in [0.2, 0.25) is 0 Å². The molecule has 1 fully saturated rings. The summed E-state index contributed by atoms with van der Waals surface area (Å²) in [5.74, 6) is 4.28. The lowest BCUT2D eigenvalue weighted by Gasteiger charge is -2.18. The van der Waals surface area contributed by atoms with E-state index in [0.717, 1.165) is 18.9 Å². The Kier molecular flexibility index (Phi) is 4.30. The summed E-state index contributed by atoms with van der Waals surface area (Å²) in [6.45, 7) is 3.11. The molecule has 2 rings (SSSR count). The Morgan fingerprint density at radius 3 is 2.69 bits per heavy atom. The van der Waals surface area contributed by atoms with Crippen molar-refractivity contribution in [2.45, 2.75) is 25.7 Å². The van der Waals surface area contributed by atoms with Crippen molar-refractivity contribution in [3.63, 3.8) is 0 Å². The van der Waals surface area contributed by atoms with Gasteiger partial charge < -0.3 is 5.73 Å². The van der Waals surface area contributed by atoms with E-state index in [2.05, 4.69) is 43.0 Å². The molecule has 1 aromatic carbocycles. The molecule has 0 saturated carbocycles. The van der Waals surface area contributed by atoms with Crippen molar-refractivity contribution < 1.29 is 0 Å². The Morgan fingerprint density at radius 1 is 1.38 bits per heavy atom. The summed E-state index contributed by atoms with van der Waals surface area (Å²) in [6, 6.07) is 9.05. The average Bonchev–Trinajstić information content (AvgIpc) is 2.83. The lowest BCUT2D eigenvalue weighted by Crippen LogP contribution is -2.09. The number of nitrogens with two attached hydrogens (primary N) is 1. The standard InChI is InChI=1S/C14H21NS/c1-11(14-7-9-16-10-14)13-4-2-12(3-5-13)6-8-15/h2-5,11,14H,6-10,15H2,1H3. The van der Waals surface area contributed by atoms with E-state index in [4.69, 9.17) is 5.73 Å². The van der Waals surface area contributed by atoms with Gasteiger partial charge in [0.25, 0.3) is 0 Å². The Bertz CT molecular complexity index is 314. The van der Waals surface area contributed by atoms with Crippen molar-refractivity contribution >= 4 is 11.8 Å². The largest absolute Gasteiger partial charge is 0.330 e. The minimum atomic E-state index is 0.710. The molecule has 1 saturated heterocycles. The maximum absolute atomic E-state index is 5.56. The Balaban J connectivity index is 2.02. The van der Waals surface area contributed by atoms with Crippen LogP contribution in [0.2, 0.25) is 0 Å². The smallest absolute Gasteiger partial charge is 0.00331 e. The van der Waals surface area contributed by atoms with Gasteiger partial charge in [-0.1, -0.05) is 31.2 Å². The monoisotopic (exact) mass is 235 g/mol. The molecule has 1 heterocycles. The van der Waals surface area contributed by atoms with Crippen molar-refractivity contribution in [1.29, 1.82) is 0 Å². The highest BCUT2D eigenvalue weighted by atomic mass is 32.2. The molecule has 1 nitrogen and oxygen atoms in total. The topological polar surface area (TPSA) is 26.0 Å². The molecular formula is C14H21NS. The summed E-state index contributed by atoms with van der Waals surface area (Å²) < 4.78 is 0. The molecule has 1 aliphatic rings. The van der Waals surface area contributed by atoms with Crippen molar-refractivity contribution in [2.24, 2.45) is 11.7 Å². The third-order valence-corrected chi connectivity index (χ3v) is 4.80. The first-order valence-corrected chi connectivity index (χ1v) is 7.33. The molecule has 1 aliphatic heterocycles. The maximum atomic E-state index is 5.56. The lowest BCUT2D eigenvalue weighted by molar-refractivity contribution is 0.500. The van der Waals surface area contributed by atoms with Crippen molar-refractivity contribution in [1.82, 2.24) is 0 Å². The molecule has 2 unspecified atom stereocenters. The molecule has 0 aliphatic carbocycles. The number of rotatable bonds is 4. The number of hydrogen-bond acceptors (Lipinski definition) is 2. The van der Waals surface area contributed by atoms with Gasteiger partial charge >= 0.3 is 0 Å². The molecule has 88 valence electrons. The van der Waals surface area contributed by atoms with Crippen LogP contribution in [-0.2, 0) is 6.42 Å². The fourth-order valence-electron chi connectivity index (χ4n) is 2.37. The summed E-state index contributed by atoms with van der Waals surface area (Å²) in [4.78, 5) is 0. The molecule has 2 N–H and O–H groups in total. The quantitative estimate of drug-likeness (QED) is 0.868. The second-order valence-corrected chi connectivity index (χ2v) is 5.84. The van der Waals surface area contributed by atoms with Gasteiger partial charge in [0.15, 0.2) is 0 Å². The van der Waals surface area contributed by atoms with Gasteiger partial charge in [-0.3, -0.25) is 0 Å². The second-order valence-electron chi connectivity index (χ2n) is 4.69. The van der Waals surface area contributed by atoms with Gasteiger partial charge in [0.05, 0.1) is 0 Å². The van der Waals surface area contributed by atoms with Crippen molar-refractivity contribution in [2.75, 3.05) is 18.1 Å². The summed E-state index contributed by atoms with van der Waals surface area (Å²) in [5, 5.41) is 0. The second kappa shape index (κ2) is 5.74. The molecule has 0 spiro atoms. The van der Waals surface area contributed by atoms with Gasteiger partial charge in [-0.2, -0.15) is 11.8 Å². The first kappa shape index (κ1) is 12.0. The van der Waals surface area contributed by atoms with Gasteiger partial charge in [-0.25, -0.2) is 0 Å². The Hall–Kier alpha value is -0.470. The summed E-state index contributed by atoms with van der Waals surface area (Å²) >= 11 is 2.10. The fraction of sp³-hybridized carbons (Fsp3) is 0.571. The molecular weight excluding hydrogens is 214 g/mol. The van der Waals surface area contributed by atoms with Crippen LogP contribution in [0.25, 0.3) is 0 Å². The van der Waals surface area contributed by atoms with Gasteiger partial charge in [-0.15, -0.1) is 0 Å². The number of hydrogen-bond donors (Lipinski definition) is 1. The predicted molar refractivity (Wildman–Crippen MR) is 73.0 cm³/mol. The van der Waals surface area contributed by atoms with E-state index in [-0.39, 0.29) is 0 Å². The van der Waals surface area contributed by atoms with Crippen LogP contribution in [0.4, 0.5) is 0 Å². The highest BCUT2D eigenvalue weighted by Crippen LogP contribution is 2.35. The van der Waals surface area contributed by atoms with Gasteiger partial charge in [0, 0.05) is 0 Å². The SMILES string of the molecule is CC(c1ccc(CCN)cc1)C1CCSC1. The number of thioether (sulfide) groups is 1. The van der Waals surface area contributed by atoms with Crippen LogP contribution < -0.4 is 5.73 Å². The van der Waals surface area contributed by atoms with Gasteiger partial charge in [0.1, 0.15) is 0 Å². The third kappa shape index (κ3) is 2.80. The van der Waals surface area contributed by atoms with E-state index >= 15 is 0 Å². The third-order valence-electron chi connectivity index (χ3n) is 3.61. The Morgan fingerprint density at radius 2 is 2.12 bits per heavy atom. The highest BCUT2D eigenvalue weighted by molar-refractivity contribution is 7.99. The fourth-order valence-corrected chi connectivity index (χ4v) is 3.77. The zero-order valence-corrected chi connectivity index (χ0v) is 10.8. The minimum absolute atomic E-state index is 0.710. The molecule has 0 radical (unpaired) electrons. The van der Waals surface area contributed by atoms with Crippen LogP contribution in [-0.4, -0.2) is 18.1 Å². The number of benzene rings is 1. The van der Waals surface area contributed by atoms with Crippen LogP contribution in [0.15, 0.2) is 24.3 Å². The average molecular weight is 235 g/mol. The van der Waals surface area contributed by atoms with Crippen LogP contribution in [0, 0.1) is 5.92 Å². The van der Waals surface area contributed by atoms with E-state index in [1.807, 2.05) is 0 Å². The summed E-state index contributed by atoms with van der Waals surface area (Å²) in [6.07, 6.45) is 2.38. The normalized spacial score (nSPS) is 22.2. The lowest BCUT2D eigenvalue weighted by atomic mass is 9.87. The Labute approximate surface area is 103 Å². The van der Waals surface area contributed by atoms with E-state index in [0.29, 0.717) is 5.92 Å².